The van der Waals surface area contributed by atoms with Crippen molar-refractivity contribution < 1.29 is 4.39 Å². The molecule has 23 heavy (non-hydrogen) atoms. The predicted octanol–water partition coefficient (Wildman–Crippen LogP) is 2.90. The maximum atomic E-state index is 13.0. The molecule has 1 heterocycles. The standard InChI is InChI=1S/C17H18FN5/c1-22(15-8-6-13(18)7-9-15)17-21-20-16(23(17)2)11-12-4-3-5-14(19)10-12/h3-10H,11,19H2,1-2H3. The lowest BCUT2D eigenvalue weighted by Crippen LogP contribution is -2.15. The number of halogens is 1. The number of nitrogens with two attached hydrogens (primary N) is 1. The van der Waals surface area contributed by atoms with E-state index in [1.54, 1.807) is 12.1 Å². The van der Waals surface area contributed by atoms with Crippen LogP contribution in [0.15, 0.2) is 48.5 Å². The molecule has 0 aliphatic carbocycles. The first-order chi connectivity index (χ1) is 11.0. The van der Waals surface area contributed by atoms with E-state index in [0.29, 0.717) is 12.4 Å². The van der Waals surface area contributed by atoms with Crippen LogP contribution in [0, 0.1) is 5.82 Å². The zero-order valence-electron chi connectivity index (χ0n) is 13.1. The van der Waals surface area contributed by atoms with Gasteiger partial charge in [-0.3, -0.25) is 4.57 Å². The van der Waals surface area contributed by atoms with E-state index < -0.39 is 0 Å². The lowest BCUT2D eigenvalue weighted by molar-refractivity contribution is 0.628. The normalized spacial score (nSPS) is 10.7. The molecule has 0 bridgehead atoms. The van der Waals surface area contributed by atoms with Crippen LogP contribution in [0.3, 0.4) is 0 Å². The number of rotatable bonds is 4. The molecule has 6 heteroatoms. The van der Waals surface area contributed by atoms with E-state index in [1.807, 2.05) is 47.8 Å². The van der Waals surface area contributed by atoms with E-state index in [9.17, 15) is 4.39 Å². The number of hydrogen-bond donors (Lipinski definition) is 1. The van der Waals surface area contributed by atoms with Crippen molar-refractivity contribution in [2.75, 3.05) is 17.7 Å². The molecule has 0 unspecified atom stereocenters. The minimum atomic E-state index is -0.262. The first-order valence-corrected chi connectivity index (χ1v) is 7.26. The quantitative estimate of drug-likeness (QED) is 0.753. The molecule has 0 saturated carbocycles. The van der Waals surface area contributed by atoms with Crippen LogP contribution in [0.25, 0.3) is 0 Å². The van der Waals surface area contributed by atoms with Crippen molar-refractivity contribution >= 4 is 17.3 Å². The van der Waals surface area contributed by atoms with Gasteiger partial charge in [-0.1, -0.05) is 12.1 Å². The fraction of sp³-hybridized carbons (Fsp3) is 0.176. The van der Waals surface area contributed by atoms with Gasteiger partial charge >= 0.3 is 0 Å². The van der Waals surface area contributed by atoms with E-state index in [4.69, 9.17) is 5.73 Å². The van der Waals surface area contributed by atoms with E-state index in [0.717, 1.165) is 22.8 Å². The Morgan fingerprint density at radius 2 is 1.87 bits per heavy atom. The third-order valence-corrected chi connectivity index (χ3v) is 3.77. The summed E-state index contributed by atoms with van der Waals surface area (Å²) >= 11 is 0. The van der Waals surface area contributed by atoms with Crippen LogP contribution >= 0.6 is 0 Å². The van der Waals surface area contributed by atoms with Gasteiger partial charge in [0.1, 0.15) is 11.6 Å². The van der Waals surface area contributed by atoms with E-state index in [1.165, 1.54) is 12.1 Å². The summed E-state index contributed by atoms with van der Waals surface area (Å²) in [6.07, 6.45) is 0.645. The van der Waals surface area contributed by atoms with Gasteiger partial charge in [-0.25, -0.2) is 4.39 Å². The summed E-state index contributed by atoms with van der Waals surface area (Å²) in [5.74, 6) is 1.26. The van der Waals surface area contributed by atoms with Gasteiger partial charge in [-0.05, 0) is 42.0 Å². The van der Waals surface area contributed by atoms with Crippen molar-refractivity contribution in [3.8, 4) is 0 Å². The van der Waals surface area contributed by atoms with Gasteiger partial charge in [-0.15, -0.1) is 10.2 Å². The largest absolute Gasteiger partial charge is 0.399 e. The second kappa shape index (κ2) is 6.08. The Bertz CT molecular complexity index is 810. The summed E-state index contributed by atoms with van der Waals surface area (Å²) in [4.78, 5) is 1.87. The Balaban J connectivity index is 1.85. The topological polar surface area (TPSA) is 60.0 Å². The molecular weight excluding hydrogens is 293 g/mol. The van der Waals surface area contributed by atoms with Crippen LogP contribution in [0.5, 0.6) is 0 Å². The van der Waals surface area contributed by atoms with Gasteiger partial charge in [0.2, 0.25) is 5.95 Å². The molecule has 3 rings (SSSR count). The zero-order chi connectivity index (χ0) is 16.4. The maximum Gasteiger partial charge on any atom is 0.231 e. The second-order valence-electron chi connectivity index (χ2n) is 5.43. The molecule has 0 saturated heterocycles. The number of benzene rings is 2. The number of nitrogens with zero attached hydrogens (tertiary/aromatic N) is 4. The van der Waals surface area contributed by atoms with Crippen LogP contribution in [0.1, 0.15) is 11.4 Å². The predicted molar refractivity (Wildman–Crippen MR) is 89.1 cm³/mol. The van der Waals surface area contributed by atoms with Crippen LogP contribution in [0.2, 0.25) is 0 Å². The molecule has 0 fully saturated rings. The number of nitrogen functional groups attached to an aromatic ring is 1. The smallest absolute Gasteiger partial charge is 0.231 e. The van der Waals surface area contributed by atoms with E-state index >= 15 is 0 Å². The molecule has 0 atom stereocenters. The fourth-order valence-electron chi connectivity index (χ4n) is 2.46. The minimum Gasteiger partial charge on any atom is -0.399 e. The number of aromatic nitrogens is 3. The van der Waals surface area contributed by atoms with Crippen LogP contribution in [-0.2, 0) is 13.5 Å². The molecule has 1 aromatic heterocycles. The van der Waals surface area contributed by atoms with Gasteiger partial charge in [0.05, 0.1) is 0 Å². The third-order valence-electron chi connectivity index (χ3n) is 3.77. The lowest BCUT2D eigenvalue weighted by atomic mass is 10.1. The Labute approximate surface area is 134 Å². The molecule has 2 aromatic carbocycles. The molecule has 118 valence electrons. The highest BCUT2D eigenvalue weighted by molar-refractivity contribution is 5.56. The van der Waals surface area contributed by atoms with Gasteiger partial charge in [0.15, 0.2) is 0 Å². The second-order valence-corrected chi connectivity index (χ2v) is 5.43. The molecule has 0 spiro atoms. The zero-order valence-corrected chi connectivity index (χ0v) is 13.1. The van der Waals surface area contributed by atoms with E-state index in [2.05, 4.69) is 10.2 Å². The summed E-state index contributed by atoms with van der Waals surface area (Å²) in [7, 11) is 3.79. The van der Waals surface area contributed by atoms with Crippen molar-refractivity contribution in [2.24, 2.45) is 7.05 Å². The molecule has 0 radical (unpaired) electrons. The highest BCUT2D eigenvalue weighted by atomic mass is 19.1. The SMILES string of the molecule is CN(c1ccc(F)cc1)c1nnc(Cc2cccc(N)c2)n1C. The Hall–Kier alpha value is -2.89. The highest BCUT2D eigenvalue weighted by Crippen LogP contribution is 2.22. The molecular formula is C17H18FN5. The van der Waals surface area contributed by atoms with Gasteiger partial charge in [0.25, 0.3) is 0 Å². The molecule has 0 aliphatic rings. The molecule has 3 aromatic rings. The molecule has 0 amide bonds. The summed E-state index contributed by atoms with van der Waals surface area (Å²) in [6.45, 7) is 0. The summed E-state index contributed by atoms with van der Waals surface area (Å²) in [5.41, 5.74) is 8.47. The van der Waals surface area contributed by atoms with Crippen molar-refractivity contribution in [3.63, 3.8) is 0 Å². The van der Waals surface area contributed by atoms with Crippen molar-refractivity contribution in [1.29, 1.82) is 0 Å². The van der Waals surface area contributed by atoms with Crippen LogP contribution in [0.4, 0.5) is 21.7 Å². The summed E-state index contributed by atoms with van der Waals surface area (Å²) in [5, 5.41) is 8.51. The fourth-order valence-corrected chi connectivity index (χ4v) is 2.46. The Morgan fingerprint density at radius 3 is 2.57 bits per heavy atom. The van der Waals surface area contributed by atoms with Crippen molar-refractivity contribution in [1.82, 2.24) is 14.8 Å². The lowest BCUT2D eigenvalue weighted by Gasteiger charge is -2.18. The monoisotopic (exact) mass is 311 g/mol. The van der Waals surface area contributed by atoms with Gasteiger partial charge < -0.3 is 10.6 Å². The first-order valence-electron chi connectivity index (χ1n) is 7.26. The van der Waals surface area contributed by atoms with Gasteiger partial charge in [-0.2, -0.15) is 0 Å². The van der Waals surface area contributed by atoms with Crippen molar-refractivity contribution in [2.45, 2.75) is 6.42 Å². The minimum absolute atomic E-state index is 0.262. The molecule has 2 N–H and O–H groups in total. The Kier molecular flexibility index (Phi) is 3.97. The average molecular weight is 311 g/mol. The first kappa shape index (κ1) is 15.0. The number of hydrogen-bond acceptors (Lipinski definition) is 4. The summed E-state index contributed by atoms with van der Waals surface area (Å²) in [6, 6.07) is 14.0. The maximum absolute atomic E-state index is 13.0. The van der Waals surface area contributed by atoms with Gasteiger partial charge in [0, 0.05) is 31.9 Å². The highest BCUT2D eigenvalue weighted by Gasteiger charge is 2.14. The van der Waals surface area contributed by atoms with Crippen LogP contribution < -0.4 is 10.6 Å². The third kappa shape index (κ3) is 3.15. The summed E-state index contributed by atoms with van der Waals surface area (Å²) < 4.78 is 15.0. The molecule has 5 nitrogen and oxygen atoms in total. The van der Waals surface area contributed by atoms with Crippen molar-refractivity contribution in [3.05, 3.63) is 65.7 Å². The Morgan fingerprint density at radius 1 is 1.13 bits per heavy atom. The van der Waals surface area contributed by atoms with E-state index in [-0.39, 0.29) is 5.82 Å². The average Bonchev–Trinajstić information content (AvgIpc) is 2.88. The van der Waals surface area contributed by atoms with Crippen LogP contribution in [-0.4, -0.2) is 21.8 Å². The molecule has 0 aliphatic heterocycles. The number of anilines is 3.